The number of nitrogens with zero attached hydrogens (tertiary/aromatic N) is 2. The molecule has 1 aliphatic heterocycles. The van der Waals surface area contributed by atoms with Crippen molar-refractivity contribution in [2.24, 2.45) is 0 Å². The zero-order valence-corrected chi connectivity index (χ0v) is 12.4. The molecule has 1 aromatic heterocycles. The van der Waals surface area contributed by atoms with Gasteiger partial charge in [-0.3, -0.25) is 9.89 Å². The van der Waals surface area contributed by atoms with Crippen LogP contribution in [0.4, 0.5) is 0 Å². The smallest absolute Gasteiger partial charge is 0.219 e. The van der Waals surface area contributed by atoms with Crippen LogP contribution >= 0.6 is 15.9 Å². The topological polar surface area (TPSA) is 49.0 Å². The van der Waals surface area contributed by atoms with Gasteiger partial charge >= 0.3 is 0 Å². The molecule has 5 heteroatoms. The van der Waals surface area contributed by atoms with Crippen LogP contribution in [0.25, 0.3) is 10.9 Å². The summed E-state index contributed by atoms with van der Waals surface area (Å²) in [6, 6.07) is 6.21. The Bertz CT molecular complexity index is 614. The first-order valence-corrected chi connectivity index (χ1v) is 7.33. The third kappa shape index (κ3) is 2.39. The van der Waals surface area contributed by atoms with Crippen molar-refractivity contribution in [1.29, 1.82) is 0 Å². The average Bonchev–Trinajstić information content (AvgIpc) is 2.81. The SMILES string of the molecule is CC(=O)N1CCC(c2n[nH]c3cc(Br)ccc23)CC1. The number of halogens is 1. The number of carbonyl (C=O) groups is 1. The lowest BCUT2D eigenvalue weighted by Gasteiger charge is -2.30. The number of piperidine rings is 1. The maximum atomic E-state index is 11.3. The molecule has 2 heterocycles. The molecule has 4 nitrogen and oxygen atoms in total. The number of amides is 1. The number of aromatic amines is 1. The van der Waals surface area contributed by atoms with Gasteiger partial charge in [0.1, 0.15) is 0 Å². The predicted molar refractivity (Wildman–Crippen MR) is 78.0 cm³/mol. The lowest BCUT2D eigenvalue weighted by molar-refractivity contribution is -0.129. The van der Waals surface area contributed by atoms with E-state index >= 15 is 0 Å². The molecule has 1 aliphatic rings. The molecule has 1 amide bonds. The van der Waals surface area contributed by atoms with Gasteiger partial charge in [0.25, 0.3) is 0 Å². The minimum absolute atomic E-state index is 0.175. The van der Waals surface area contributed by atoms with Crippen molar-refractivity contribution in [3.63, 3.8) is 0 Å². The number of fused-ring (bicyclic) bond motifs is 1. The number of carbonyl (C=O) groups excluding carboxylic acids is 1. The largest absolute Gasteiger partial charge is 0.343 e. The molecule has 3 rings (SSSR count). The van der Waals surface area contributed by atoms with Crippen molar-refractivity contribution in [1.82, 2.24) is 15.1 Å². The first kappa shape index (κ1) is 12.7. The van der Waals surface area contributed by atoms with Crippen LogP contribution in [0.5, 0.6) is 0 Å². The van der Waals surface area contributed by atoms with Gasteiger partial charge in [-0.15, -0.1) is 0 Å². The summed E-state index contributed by atoms with van der Waals surface area (Å²) < 4.78 is 1.06. The summed E-state index contributed by atoms with van der Waals surface area (Å²) in [7, 11) is 0. The standard InChI is InChI=1S/C14H16BrN3O/c1-9(19)18-6-4-10(5-7-18)14-12-3-2-11(15)8-13(12)16-17-14/h2-3,8,10H,4-7H2,1H3,(H,16,17). The van der Waals surface area contributed by atoms with Gasteiger partial charge in [0, 0.05) is 35.8 Å². The minimum Gasteiger partial charge on any atom is -0.343 e. The van der Waals surface area contributed by atoms with E-state index in [-0.39, 0.29) is 5.91 Å². The highest BCUT2D eigenvalue weighted by Gasteiger charge is 2.24. The quantitative estimate of drug-likeness (QED) is 0.877. The van der Waals surface area contributed by atoms with Crippen LogP contribution in [0.3, 0.4) is 0 Å². The molecule has 1 fully saturated rings. The first-order valence-electron chi connectivity index (χ1n) is 6.54. The van der Waals surface area contributed by atoms with E-state index in [1.807, 2.05) is 11.0 Å². The van der Waals surface area contributed by atoms with E-state index in [2.05, 4.69) is 38.3 Å². The minimum atomic E-state index is 0.175. The lowest BCUT2D eigenvalue weighted by Crippen LogP contribution is -2.36. The van der Waals surface area contributed by atoms with Crippen LogP contribution in [0.1, 0.15) is 31.4 Å². The van der Waals surface area contributed by atoms with Crippen molar-refractivity contribution in [2.45, 2.75) is 25.7 Å². The third-order valence-electron chi connectivity index (χ3n) is 3.88. The summed E-state index contributed by atoms with van der Waals surface area (Å²) in [5.41, 5.74) is 2.21. The molecule has 1 saturated heterocycles. The molecule has 19 heavy (non-hydrogen) atoms. The van der Waals surface area contributed by atoms with Crippen molar-refractivity contribution >= 4 is 32.7 Å². The number of rotatable bonds is 1. The number of aromatic nitrogens is 2. The molecule has 0 unspecified atom stereocenters. The van der Waals surface area contributed by atoms with Crippen molar-refractivity contribution in [3.05, 3.63) is 28.4 Å². The number of hydrogen-bond acceptors (Lipinski definition) is 2. The summed E-state index contributed by atoms with van der Waals surface area (Å²) in [5.74, 6) is 0.625. The molecule has 2 aromatic rings. The van der Waals surface area contributed by atoms with Crippen LogP contribution < -0.4 is 0 Å². The predicted octanol–water partition coefficient (Wildman–Crippen LogP) is 3.05. The zero-order chi connectivity index (χ0) is 13.4. The fourth-order valence-corrected chi connectivity index (χ4v) is 3.15. The van der Waals surface area contributed by atoms with E-state index in [9.17, 15) is 4.79 Å². The maximum absolute atomic E-state index is 11.3. The highest BCUT2D eigenvalue weighted by molar-refractivity contribution is 9.10. The normalized spacial score (nSPS) is 17.1. The Kier molecular flexibility index (Phi) is 3.31. The zero-order valence-electron chi connectivity index (χ0n) is 10.8. The van der Waals surface area contributed by atoms with Gasteiger partial charge < -0.3 is 4.90 Å². The van der Waals surface area contributed by atoms with E-state index in [0.29, 0.717) is 5.92 Å². The number of hydrogen-bond donors (Lipinski definition) is 1. The van der Waals surface area contributed by atoms with Gasteiger partial charge in [0.15, 0.2) is 0 Å². The number of nitrogens with one attached hydrogen (secondary N) is 1. The van der Waals surface area contributed by atoms with Crippen molar-refractivity contribution in [3.8, 4) is 0 Å². The maximum Gasteiger partial charge on any atom is 0.219 e. The van der Waals surface area contributed by atoms with Crippen LogP contribution in [-0.2, 0) is 4.79 Å². The van der Waals surface area contributed by atoms with Gasteiger partial charge in [-0.25, -0.2) is 0 Å². The Morgan fingerprint density at radius 2 is 2.16 bits per heavy atom. The van der Waals surface area contributed by atoms with Crippen LogP contribution in [-0.4, -0.2) is 34.1 Å². The molecule has 1 aromatic carbocycles. The summed E-state index contributed by atoms with van der Waals surface area (Å²) >= 11 is 3.47. The van der Waals surface area contributed by atoms with E-state index in [1.54, 1.807) is 6.92 Å². The molecule has 0 radical (unpaired) electrons. The molecular formula is C14H16BrN3O. The number of likely N-dealkylation sites (tertiary alicyclic amines) is 1. The van der Waals surface area contributed by atoms with E-state index in [1.165, 1.54) is 5.39 Å². The highest BCUT2D eigenvalue weighted by Crippen LogP contribution is 2.32. The monoisotopic (exact) mass is 321 g/mol. The first-order chi connectivity index (χ1) is 9.15. The summed E-state index contributed by atoms with van der Waals surface area (Å²) in [6.45, 7) is 3.32. The van der Waals surface area contributed by atoms with Gasteiger partial charge in [-0.05, 0) is 31.0 Å². The Morgan fingerprint density at radius 3 is 2.84 bits per heavy atom. The van der Waals surface area contributed by atoms with Crippen molar-refractivity contribution in [2.75, 3.05) is 13.1 Å². The second-order valence-electron chi connectivity index (χ2n) is 5.08. The Balaban J connectivity index is 1.84. The van der Waals surface area contributed by atoms with Crippen LogP contribution in [0.2, 0.25) is 0 Å². The van der Waals surface area contributed by atoms with Crippen LogP contribution in [0.15, 0.2) is 22.7 Å². The highest BCUT2D eigenvalue weighted by atomic mass is 79.9. The Morgan fingerprint density at radius 1 is 1.42 bits per heavy atom. The average molecular weight is 322 g/mol. The molecule has 1 N–H and O–H groups in total. The summed E-state index contributed by atoms with van der Waals surface area (Å²) in [5, 5.41) is 8.78. The number of H-pyrrole nitrogens is 1. The number of benzene rings is 1. The molecule has 100 valence electrons. The van der Waals surface area contributed by atoms with Crippen LogP contribution in [0, 0.1) is 0 Å². The molecule has 0 aliphatic carbocycles. The lowest BCUT2D eigenvalue weighted by atomic mass is 9.91. The Labute approximate surface area is 120 Å². The molecular weight excluding hydrogens is 306 g/mol. The van der Waals surface area contributed by atoms with E-state index in [0.717, 1.165) is 41.6 Å². The second-order valence-corrected chi connectivity index (χ2v) is 5.99. The van der Waals surface area contributed by atoms with E-state index < -0.39 is 0 Å². The summed E-state index contributed by atoms with van der Waals surface area (Å²) in [6.07, 6.45) is 1.99. The van der Waals surface area contributed by atoms with Crippen molar-refractivity contribution < 1.29 is 4.79 Å². The molecule has 0 spiro atoms. The third-order valence-corrected chi connectivity index (χ3v) is 4.37. The van der Waals surface area contributed by atoms with Gasteiger partial charge in [-0.2, -0.15) is 5.10 Å². The van der Waals surface area contributed by atoms with Gasteiger partial charge in [0.05, 0.1) is 11.2 Å². The molecule has 0 bridgehead atoms. The van der Waals surface area contributed by atoms with Gasteiger partial charge in [-0.1, -0.05) is 15.9 Å². The Hall–Kier alpha value is -1.36. The fourth-order valence-electron chi connectivity index (χ4n) is 2.79. The summed E-state index contributed by atoms with van der Waals surface area (Å²) in [4.78, 5) is 13.3. The molecule has 0 atom stereocenters. The second kappa shape index (κ2) is 4.96. The fraction of sp³-hybridized carbons (Fsp3) is 0.429. The van der Waals surface area contributed by atoms with Gasteiger partial charge in [0.2, 0.25) is 5.91 Å². The molecule has 0 saturated carbocycles. The van der Waals surface area contributed by atoms with E-state index in [4.69, 9.17) is 0 Å².